The van der Waals surface area contributed by atoms with Gasteiger partial charge < -0.3 is 10.0 Å². The first-order valence-electron chi connectivity index (χ1n) is 7.13. The highest BCUT2D eigenvalue weighted by Gasteiger charge is 2.36. The Kier molecular flexibility index (Phi) is 4.25. The number of likely N-dealkylation sites (tertiary alicyclic amines) is 1. The largest absolute Gasteiger partial charge is 0.480 e. The summed E-state index contributed by atoms with van der Waals surface area (Å²) in [6.07, 6.45) is 6.54. The van der Waals surface area contributed by atoms with Gasteiger partial charge in [0.1, 0.15) is 6.04 Å². The molecule has 1 N–H and O–H groups in total. The van der Waals surface area contributed by atoms with E-state index in [0.717, 1.165) is 38.5 Å². The molecule has 102 valence electrons. The Morgan fingerprint density at radius 2 is 1.72 bits per heavy atom. The molecule has 1 saturated heterocycles. The van der Waals surface area contributed by atoms with Crippen LogP contribution in [0, 0.1) is 11.8 Å². The number of carboxylic acids is 1. The first-order valence-corrected chi connectivity index (χ1v) is 7.13. The quantitative estimate of drug-likeness (QED) is 0.821. The van der Waals surface area contributed by atoms with Crippen LogP contribution >= 0.6 is 0 Å². The van der Waals surface area contributed by atoms with Crippen molar-refractivity contribution in [1.82, 2.24) is 4.90 Å². The number of carbonyl (C=O) groups excluding carboxylic acids is 1. The van der Waals surface area contributed by atoms with Crippen molar-refractivity contribution in [2.75, 3.05) is 6.54 Å². The van der Waals surface area contributed by atoms with Crippen LogP contribution in [0.15, 0.2) is 0 Å². The van der Waals surface area contributed by atoms with Gasteiger partial charge in [-0.15, -0.1) is 0 Å². The summed E-state index contributed by atoms with van der Waals surface area (Å²) in [5.41, 5.74) is 0. The van der Waals surface area contributed by atoms with E-state index in [1.807, 2.05) is 0 Å². The van der Waals surface area contributed by atoms with Crippen LogP contribution in [-0.4, -0.2) is 34.5 Å². The van der Waals surface area contributed by atoms with Gasteiger partial charge in [-0.2, -0.15) is 0 Å². The van der Waals surface area contributed by atoms with E-state index in [4.69, 9.17) is 0 Å². The van der Waals surface area contributed by atoms with Crippen LogP contribution in [0.3, 0.4) is 0 Å². The van der Waals surface area contributed by atoms with Crippen molar-refractivity contribution in [1.29, 1.82) is 0 Å². The van der Waals surface area contributed by atoms with E-state index in [-0.39, 0.29) is 11.8 Å². The Hall–Kier alpha value is -1.06. The van der Waals surface area contributed by atoms with Crippen LogP contribution in [0.1, 0.15) is 51.9 Å². The van der Waals surface area contributed by atoms with Crippen LogP contribution in [0.2, 0.25) is 0 Å². The summed E-state index contributed by atoms with van der Waals surface area (Å²) >= 11 is 0. The molecule has 0 spiro atoms. The van der Waals surface area contributed by atoms with Crippen molar-refractivity contribution in [2.45, 2.75) is 57.9 Å². The molecule has 18 heavy (non-hydrogen) atoms. The van der Waals surface area contributed by atoms with Gasteiger partial charge in [0.05, 0.1) is 0 Å². The second-order valence-corrected chi connectivity index (χ2v) is 5.84. The van der Waals surface area contributed by atoms with E-state index < -0.39 is 12.0 Å². The summed E-state index contributed by atoms with van der Waals surface area (Å²) in [6.45, 7) is 2.85. The minimum atomic E-state index is -0.841. The number of aliphatic carboxylic acids is 1. The maximum absolute atomic E-state index is 12.4. The van der Waals surface area contributed by atoms with Crippen LogP contribution in [0.5, 0.6) is 0 Å². The van der Waals surface area contributed by atoms with E-state index in [1.54, 1.807) is 4.90 Å². The molecule has 2 fully saturated rings. The fraction of sp³-hybridized carbons (Fsp3) is 0.857. The highest BCUT2D eigenvalue weighted by Crippen LogP contribution is 2.31. The van der Waals surface area contributed by atoms with Gasteiger partial charge in [-0.25, -0.2) is 4.79 Å². The Balaban J connectivity index is 2.00. The molecular weight excluding hydrogens is 230 g/mol. The summed E-state index contributed by atoms with van der Waals surface area (Å²) in [5.74, 6) is 0.0352. The molecule has 1 amide bonds. The molecule has 0 radical (unpaired) electrons. The van der Waals surface area contributed by atoms with Gasteiger partial charge >= 0.3 is 5.97 Å². The van der Waals surface area contributed by atoms with Crippen molar-refractivity contribution < 1.29 is 14.7 Å². The zero-order chi connectivity index (χ0) is 13.1. The van der Waals surface area contributed by atoms with Crippen LogP contribution in [0.4, 0.5) is 0 Å². The molecule has 1 aliphatic heterocycles. The zero-order valence-electron chi connectivity index (χ0n) is 11.1. The summed E-state index contributed by atoms with van der Waals surface area (Å²) in [5, 5.41) is 9.20. The molecule has 0 aromatic rings. The highest BCUT2D eigenvalue weighted by atomic mass is 16.4. The smallest absolute Gasteiger partial charge is 0.326 e. The number of rotatable bonds is 2. The molecular formula is C14H23NO3. The second-order valence-electron chi connectivity index (χ2n) is 5.84. The van der Waals surface area contributed by atoms with Crippen molar-refractivity contribution in [3.8, 4) is 0 Å². The first kappa shape index (κ1) is 13.4. The minimum absolute atomic E-state index is 0.0705. The van der Waals surface area contributed by atoms with Crippen LogP contribution < -0.4 is 0 Å². The third-order valence-corrected chi connectivity index (χ3v) is 4.44. The molecule has 0 aromatic heterocycles. The molecule has 1 saturated carbocycles. The summed E-state index contributed by atoms with van der Waals surface area (Å²) < 4.78 is 0. The predicted molar refractivity (Wildman–Crippen MR) is 68.1 cm³/mol. The topological polar surface area (TPSA) is 57.6 Å². The molecule has 1 heterocycles. The SMILES string of the molecule is CC1CCC(C(=O)N2CCCCC2C(=O)O)CC1. The lowest BCUT2D eigenvalue weighted by atomic mass is 9.82. The second kappa shape index (κ2) is 5.72. The molecule has 2 rings (SSSR count). The molecule has 1 atom stereocenters. The fourth-order valence-corrected chi connectivity index (χ4v) is 3.19. The van der Waals surface area contributed by atoms with Crippen LogP contribution in [-0.2, 0) is 9.59 Å². The maximum atomic E-state index is 12.4. The van der Waals surface area contributed by atoms with Crippen molar-refractivity contribution in [3.63, 3.8) is 0 Å². The Bertz CT molecular complexity index is 321. The van der Waals surface area contributed by atoms with Crippen molar-refractivity contribution in [3.05, 3.63) is 0 Å². The van der Waals surface area contributed by atoms with Gasteiger partial charge in [0.25, 0.3) is 0 Å². The van der Waals surface area contributed by atoms with Gasteiger partial charge in [0.15, 0.2) is 0 Å². The van der Waals surface area contributed by atoms with Gasteiger partial charge in [0.2, 0.25) is 5.91 Å². The highest BCUT2D eigenvalue weighted by molar-refractivity contribution is 5.85. The normalized spacial score (nSPS) is 33.2. The van der Waals surface area contributed by atoms with E-state index in [0.29, 0.717) is 18.9 Å². The van der Waals surface area contributed by atoms with Gasteiger partial charge in [-0.3, -0.25) is 4.79 Å². The number of carbonyl (C=O) groups is 2. The standard InChI is InChI=1S/C14H23NO3/c1-10-5-7-11(8-6-10)13(16)15-9-3-2-4-12(15)14(17)18/h10-12H,2-9H2,1H3,(H,17,18). The summed E-state index contributed by atoms with van der Waals surface area (Å²) in [4.78, 5) is 25.3. The molecule has 2 aliphatic rings. The Labute approximate surface area is 108 Å². The van der Waals surface area contributed by atoms with Crippen LogP contribution in [0.25, 0.3) is 0 Å². The third kappa shape index (κ3) is 2.85. The number of amides is 1. The number of piperidine rings is 1. The predicted octanol–water partition coefficient (Wildman–Crippen LogP) is 2.28. The van der Waals surface area contributed by atoms with E-state index in [9.17, 15) is 14.7 Å². The molecule has 4 nitrogen and oxygen atoms in total. The third-order valence-electron chi connectivity index (χ3n) is 4.44. The first-order chi connectivity index (χ1) is 8.59. The molecule has 0 aromatic carbocycles. The molecule has 0 bridgehead atoms. The molecule has 4 heteroatoms. The van der Waals surface area contributed by atoms with E-state index in [2.05, 4.69) is 6.92 Å². The zero-order valence-corrected chi connectivity index (χ0v) is 11.1. The lowest BCUT2D eigenvalue weighted by Crippen LogP contribution is -2.50. The average molecular weight is 253 g/mol. The van der Waals surface area contributed by atoms with Crippen molar-refractivity contribution >= 4 is 11.9 Å². The number of hydrogen-bond donors (Lipinski definition) is 1. The van der Waals surface area contributed by atoms with Gasteiger partial charge in [-0.1, -0.05) is 6.92 Å². The summed E-state index contributed by atoms with van der Waals surface area (Å²) in [6, 6.07) is -0.578. The number of hydrogen-bond acceptors (Lipinski definition) is 2. The minimum Gasteiger partial charge on any atom is -0.480 e. The molecule has 1 aliphatic carbocycles. The summed E-state index contributed by atoms with van der Waals surface area (Å²) in [7, 11) is 0. The van der Waals surface area contributed by atoms with Gasteiger partial charge in [0, 0.05) is 12.5 Å². The maximum Gasteiger partial charge on any atom is 0.326 e. The fourth-order valence-electron chi connectivity index (χ4n) is 3.19. The Morgan fingerprint density at radius 1 is 1.06 bits per heavy atom. The number of nitrogens with zero attached hydrogens (tertiary/aromatic N) is 1. The monoisotopic (exact) mass is 253 g/mol. The lowest BCUT2D eigenvalue weighted by Gasteiger charge is -2.37. The van der Waals surface area contributed by atoms with Gasteiger partial charge in [-0.05, 0) is 50.9 Å². The number of carboxylic acid groups (broad SMARTS) is 1. The van der Waals surface area contributed by atoms with E-state index >= 15 is 0 Å². The lowest BCUT2D eigenvalue weighted by molar-refractivity contribution is -0.154. The van der Waals surface area contributed by atoms with Crippen molar-refractivity contribution in [2.24, 2.45) is 11.8 Å². The average Bonchev–Trinajstić information content (AvgIpc) is 2.39. The Morgan fingerprint density at radius 3 is 2.33 bits per heavy atom. The van der Waals surface area contributed by atoms with E-state index in [1.165, 1.54) is 0 Å². The molecule has 1 unspecified atom stereocenters.